The van der Waals surface area contributed by atoms with Gasteiger partial charge in [0.25, 0.3) is 0 Å². The van der Waals surface area contributed by atoms with Gasteiger partial charge in [0.1, 0.15) is 0 Å². The van der Waals surface area contributed by atoms with Gasteiger partial charge in [-0.3, -0.25) is 4.99 Å². The molecule has 16 heavy (non-hydrogen) atoms. The quantitative estimate of drug-likeness (QED) is 0.850. The maximum Gasteiger partial charge on any atom is 0.157 e. The third kappa shape index (κ3) is 2.79. The number of aryl methyl sites for hydroxylation is 1. The van der Waals surface area contributed by atoms with Gasteiger partial charge in [-0.2, -0.15) is 0 Å². The molecule has 1 atom stereocenters. The summed E-state index contributed by atoms with van der Waals surface area (Å²) >= 11 is 1.83. The number of thioether (sulfide) groups is 1. The van der Waals surface area contributed by atoms with Crippen molar-refractivity contribution in [1.82, 2.24) is 5.32 Å². The van der Waals surface area contributed by atoms with Gasteiger partial charge in [-0.05, 0) is 31.4 Å². The van der Waals surface area contributed by atoms with Crippen LogP contribution in [0.2, 0.25) is 0 Å². The number of hydrogen-bond donors (Lipinski definition) is 1. The molecule has 2 nitrogen and oxygen atoms in total. The van der Waals surface area contributed by atoms with E-state index in [-0.39, 0.29) is 0 Å². The fourth-order valence-electron chi connectivity index (χ4n) is 1.88. The Kier molecular flexibility index (Phi) is 3.88. The van der Waals surface area contributed by atoms with Gasteiger partial charge in [0.2, 0.25) is 0 Å². The molecule has 2 rings (SSSR count). The van der Waals surface area contributed by atoms with Crippen LogP contribution in [0.25, 0.3) is 0 Å². The van der Waals surface area contributed by atoms with Gasteiger partial charge in [0, 0.05) is 12.3 Å². The largest absolute Gasteiger partial charge is 0.358 e. The maximum absolute atomic E-state index is 4.49. The van der Waals surface area contributed by atoms with E-state index >= 15 is 0 Å². The van der Waals surface area contributed by atoms with Crippen LogP contribution in [0.15, 0.2) is 29.3 Å². The van der Waals surface area contributed by atoms with Crippen LogP contribution in [0, 0.1) is 6.92 Å². The molecular weight excluding hydrogens is 216 g/mol. The van der Waals surface area contributed by atoms with Crippen LogP contribution >= 0.6 is 11.8 Å². The average molecular weight is 234 g/mol. The van der Waals surface area contributed by atoms with E-state index < -0.39 is 0 Å². The second-order valence-electron chi connectivity index (χ2n) is 4.11. The van der Waals surface area contributed by atoms with Crippen LogP contribution in [0.3, 0.4) is 0 Å². The summed E-state index contributed by atoms with van der Waals surface area (Å²) < 4.78 is 0. The lowest BCUT2D eigenvalue weighted by Crippen LogP contribution is -2.27. The minimum Gasteiger partial charge on any atom is -0.358 e. The first-order valence-electron chi connectivity index (χ1n) is 5.76. The Hall–Kier alpha value is -0.960. The summed E-state index contributed by atoms with van der Waals surface area (Å²) in [6, 6.07) is 8.85. The highest BCUT2D eigenvalue weighted by Crippen LogP contribution is 2.19. The number of benzene rings is 1. The normalized spacial score (nSPS) is 17.8. The molecule has 1 aliphatic heterocycles. The molecule has 0 bridgehead atoms. The molecule has 1 unspecified atom stereocenters. The molecule has 1 aromatic carbocycles. The van der Waals surface area contributed by atoms with Crippen LogP contribution in [0.5, 0.6) is 0 Å². The average Bonchev–Trinajstić information content (AvgIpc) is 2.31. The molecule has 0 radical (unpaired) electrons. The minimum atomic E-state index is 0.338. The fraction of sp³-hybridized carbons (Fsp3) is 0.462. The molecule has 1 aliphatic rings. The van der Waals surface area contributed by atoms with Crippen molar-refractivity contribution in [2.45, 2.75) is 26.3 Å². The third-order valence-corrected chi connectivity index (χ3v) is 3.80. The van der Waals surface area contributed by atoms with Gasteiger partial charge in [-0.15, -0.1) is 0 Å². The highest BCUT2D eigenvalue weighted by Gasteiger charge is 2.11. The van der Waals surface area contributed by atoms with Gasteiger partial charge in [0.05, 0.1) is 6.04 Å². The summed E-state index contributed by atoms with van der Waals surface area (Å²) in [7, 11) is 0. The van der Waals surface area contributed by atoms with Crippen molar-refractivity contribution in [3.8, 4) is 0 Å². The highest BCUT2D eigenvalue weighted by atomic mass is 32.2. The van der Waals surface area contributed by atoms with Gasteiger partial charge < -0.3 is 5.32 Å². The monoisotopic (exact) mass is 234 g/mol. The molecule has 3 heteroatoms. The minimum absolute atomic E-state index is 0.338. The first kappa shape index (κ1) is 11.5. The van der Waals surface area contributed by atoms with E-state index in [9.17, 15) is 0 Å². The number of amidine groups is 1. The van der Waals surface area contributed by atoms with Crippen molar-refractivity contribution in [3.63, 3.8) is 0 Å². The number of nitrogens with one attached hydrogen (secondary N) is 1. The van der Waals surface area contributed by atoms with Gasteiger partial charge in [0.15, 0.2) is 5.17 Å². The zero-order chi connectivity index (χ0) is 11.4. The molecule has 0 spiro atoms. The summed E-state index contributed by atoms with van der Waals surface area (Å²) in [6.45, 7) is 5.32. The molecule has 0 aromatic heterocycles. The van der Waals surface area contributed by atoms with E-state index in [4.69, 9.17) is 0 Å². The molecule has 0 saturated heterocycles. The summed E-state index contributed by atoms with van der Waals surface area (Å²) in [4.78, 5) is 4.49. The summed E-state index contributed by atoms with van der Waals surface area (Å²) in [5.41, 5.74) is 2.69. The van der Waals surface area contributed by atoms with Gasteiger partial charge in [-0.1, -0.05) is 36.0 Å². The summed E-state index contributed by atoms with van der Waals surface area (Å²) in [5, 5.41) is 4.59. The Balaban J connectivity index is 2.05. The maximum atomic E-state index is 4.49. The van der Waals surface area contributed by atoms with Crippen LogP contribution in [-0.2, 0) is 0 Å². The first-order valence-corrected chi connectivity index (χ1v) is 6.75. The van der Waals surface area contributed by atoms with Crippen molar-refractivity contribution < 1.29 is 0 Å². The molecule has 0 fully saturated rings. The lowest BCUT2D eigenvalue weighted by molar-refractivity contribution is 0.713. The van der Waals surface area contributed by atoms with Gasteiger partial charge >= 0.3 is 0 Å². The van der Waals surface area contributed by atoms with Crippen molar-refractivity contribution in [2.75, 3.05) is 12.3 Å². The predicted molar refractivity (Wildman–Crippen MR) is 72.1 cm³/mol. The van der Waals surface area contributed by atoms with E-state index in [2.05, 4.69) is 48.4 Å². The molecular formula is C13H18N2S. The highest BCUT2D eigenvalue weighted by molar-refractivity contribution is 8.13. The third-order valence-electron chi connectivity index (χ3n) is 2.79. The second kappa shape index (κ2) is 5.39. The Morgan fingerprint density at radius 1 is 1.38 bits per heavy atom. The lowest BCUT2D eigenvalue weighted by atomic mass is 10.0. The number of aliphatic imine (C=N–C) groups is 1. The van der Waals surface area contributed by atoms with E-state index in [1.54, 1.807) is 0 Å². The summed E-state index contributed by atoms with van der Waals surface area (Å²) in [6.07, 6.45) is 1.20. The van der Waals surface area contributed by atoms with Gasteiger partial charge in [-0.25, -0.2) is 0 Å². The molecule has 1 heterocycles. The standard InChI is InChI=1S/C13H18N2S/c1-10-6-3-4-7-12(10)11(2)15-13-14-8-5-9-16-13/h3-4,6-7,11H,5,8-9H2,1-2H3,(H,14,15). The Morgan fingerprint density at radius 3 is 2.88 bits per heavy atom. The Morgan fingerprint density at radius 2 is 2.19 bits per heavy atom. The zero-order valence-corrected chi connectivity index (χ0v) is 10.7. The van der Waals surface area contributed by atoms with Crippen molar-refractivity contribution in [2.24, 2.45) is 4.99 Å². The van der Waals surface area contributed by atoms with E-state index in [1.807, 2.05) is 11.8 Å². The number of hydrogen-bond acceptors (Lipinski definition) is 3. The Bertz CT molecular complexity index is 387. The predicted octanol–water partition coefficient (Wildman–Crippen LogP) is 3.14. The van der Waals surface area contributed by atoms with Crippen molar-refractivity contribution in [1.29, 1.82) is 0 Å². The molecule has 0 saturated carbocycles. The fourth-order valence-corrected chi connectivity index (χ4v) is 2.79. The van der Waals surface area contributed by atoms with Crippen LogP contribution in [-0.4, -0.2) is 17.5 Å². The molecule has 1 aromatic rings. The van der Waals surface area contributed by atoms with E-state index in [0.29, 0.717) is 6.04 Å². The zero-order valence-electron chi connectivity index (χ0n) is 9.86. The Labute approximate surface area is 102 Å². The second-order valence-corrected chi connectivity index (χ2v) is 5.20. The molecule has 0 amide bonds. The van der Waals surface area contributed by atoms with E-state index in [0.717, 1.165) is 11.7 Å². The summed E-state index contributed by atoms with van der Waals surface area (Å²) in [5.74, 6) is 1.19. The van der Waals surface area contributed by atoms with Crippen LogP contribution < -0.4 is 5.32 Å². The number of rotatable bonds is 2. The SMILES string of the molecule is Cc1ccccc1C(C)NC1=NCCCS1. The van der Waals surface area contributed by atoms with E-state index in [1.165, 1.54) is 23.3 Å². The first-order chi connectivity index (χ1) is 7.77. The molecule has 1 N–H and O–H groups in total. The van der Waals surface area contributed by atoms with Crippen LogP contribution in [0.4, 0.5) is 0 Å². The molecule has 0 aliphatic carbocycles. The topological polar surface area (TPSA) is 24.4 Å². The lowest BCUT2D eigenvalue weighted by Gasteiger charge is -2.20. The molecule has 86 valence electrons. The van der Waals surface area contributed by atoms with Crippen molar-refractivity contribution >= 4 is 16.9 Å². The van der Waals surface area contributed by atoms with Crippen molar-refractivity contribution in [3.05, 3.63) is 35.4 Å². The smallest absolute Gasteiger partial charge is 0.157 e. The van der Waals surface area contributed by atoms with Crippen LogP contribution in [0.1, 0.15) is 30.5 Å². The number of nitrogens with zero attached hydrogens (tertiary/aromatic N) is 1.